The van der Waals surface area contributed by atoms with Crippen LogP contribution in [0.25, 0.3) is 17.3 Å². The molecule has 1 fully saturated rings. The van der Waals surface area contributed by atoms with Gasteiger partial charge in [0.15, 0.2) is 5.82 Å². The Morgan fingerprint density at radius 1 is 1.12 bits per heavy atom. The van der Waals surface area contributed by atoms with Gasteiger partial charge >= 0.3 is 0 Å². The number of piperidine rings is 1. The zero-order valence-corrected chi connectivity index (χ0v) is 20.4. The molecule has 0 unspecified atom stereocenters. The number of aromatic hydroxyl groups is 1. The number of benzene rings is 1. The molecule has 0 atom stereocenters. The van der Waals surface area contributed by atoms with E-state index in [2.05, 4.69) is 52.8 Å². The molecule has 174 valence electrons. The molecule has 1 aliphatic rings. The molecule has 0 aliphatic carbocycles. The highest BCUT2D eigenvalue weighted by atomic mass is 32.2. The molecular weight excluding hydrogens is 426 g/mol. The molecule has 0 amide bonds. The highest BCUT2D eigenvalue weighted by Crippen LogP contribution is 2.33. The molecule has 32 heavy (non-hydrogen) atoms. The van der Waals surface area contributed by atoms with Crippen LogP contribution in [-0.4, -0.2) is 54.9 Å². The summed E-state index contributed by atoms with van der Waals surface area (Å²) in [6, 6.07) is 9.00. The molecule has 2 heterocycles. The number of sulfonamides is 1. The quantitative estimate of drug-likeness (QED) is 0.609. The maximum atomic E-state index is 11.5. The summed E-state index contributed by atoms with van der Waals surface area (Å²) in [6.45, 7) is 8.89. The third-order valence-corrected chi connectivity index (χ3v) is 6.81. The summed E-state index contributed by atoms with van der Waals surface area (Å²) in [5.41, 5.74) is 1.70. The molecule has 0 bridgehead atoms. The number of anilines is 1. The lowest BCUT2D eigenvalue weighted by molar-refractivity contribution is 0.160. The van der Waals surface area contributed by atoms with Gasteiger partial charge in [0, 0.05) is 35.1 Å². The molecule has 1 saturated heterocycles. The zero-order chi connectivity index (χ0) is 23.7. The fraction of sp³-hybridized carbons (Fsp3) is 0.478. The number of nitrogens with zero attached hydrogens (tertiary/aromatic N) is 3. The van der Waals surface area contributed by atoms with E-state index in [-0.39, 0.29) is 16.8 Å². The number of phenolic OH excluding ortho intramolecular Hbond substituents is 1. The summed E-state index contributed by atoms with van der Waals surface area (Å²) in [6.07, 6.45) is 3.41. The van der Waals surface area contributed by atoms with E-state index in [0.717, 1.165) is 24.1 Å². The molecule has 3 rings (SSSR count). The second-order valence-corrected chi connectivity index (χ2v) is 11.4. The first kappa shape index (κ1) is 24.2. The minimum atomic E-state index is -3.47. The summed E-state index contributed by atoms with van der Waals surface area (Å²) >= 11 is 0. The van der Waals surface area contributed by atoms with Gasteiger partial charge in [0.1, 0.15) is 5.75 Å². The van der Waals surface area contributed by atoms with Crippen LogP contribution in [0.3, 0.4) is 0 Å². The predicted molar refractivity (Wildman–Crippen MR) is 129 cm³/mol. The van der Waals surface area contributed by atoms with Crippen molar-refractivity contribution in [3.8, 4) is 17.0 Å². The van der Waals surface area contributed by atoms with E-state index in [1.54, 1.807) is 12.1 Å². The maximum Gasteiger partial charge on any atom is 0.233 e. The Hall–Kier alpha value is -2.49. The molecular formula is C23H33N5O3S. The third kappa shape index (κ3) is 5.85. The van der Waals surface area contributed by atoms with Crippen LogP contribution < -0.4 is 14.9 Å². The molecule has 0 radical (unpaired) electrons. The van der Waals surface area contributed by atoms with Gasteiger partial charge in [-0.3, -0.25) is 0 Å². The van der Waals surface area contributed by atoms with E-state index >= 15 is 0 Å². The van der Waals surface area contributed by atoms with Crippen LogP contribution in [0.2, 0.25) is 0 Å². The summed E-state index contributed by atoms with van der Waals surface area (Å²) < 4.78 is 25.3. The van der Waals surface area contributed by atoms with E-state index in [1.807, 2.05) is 19.2 Å². The largest absolute Gasteiger partial charge is 0.507 e. The number of hydrogen-bond donors (Lipinski definition) is 3. The van der Waals surface area contributed by atoms with E-state index in [1.165, 1.54) is 19.2 Å². The topological polar surface area (TPSA) is 107 Å². The summed E-state index contributed by atoms with van der Waals surface area (Å²) in [4.78, 5) is 2.18. The Kier molecular flexibility index (Phi) is 6.65. The predicted octanol–water partition coefficient (Wildman–Crippen LogP) is 3.11. The molecule has 2 aromatic rings. The standard InChI is InChI=1S/C23H33N5O3S/c1-22(2)14-17(15-23(3,4)27-22)28(6)21-10-9-19(25-26-21)18-8-7-16(13-20(18)29)11-12-32(30,31)24-5/h7-13,17,24,27,29H,14-15H2,1-6H3/b12-11+. The molecule has 3 N–H and O–H groups in total. The highest BCUT2D eigenvalue weighted by Gasteiger charge is 2.39. The van der Waals surface area contributed by atoms with Crippen molar-refractivity contribution < 1.29 is 13.5 Å². The van der Waals surface area contributed by atoms with Crippen LogP contribution in [0, 0.1) is 0 Å². The molecule has 0 saturated carbocycles. The van der Waals surface area contributed by atoms with Crippen molar-refractivity contribution >= 4 is 21.9 Å². The summed E-state index contributed by atoms with van der Waals surface area (Å²) in [5, 5.41) is 23.9. The first-order valence-corrected chi connectivity index (χ1v) is 12.2. The van der Waals surface area contributed by atoms with Crippen molar-refractivity contribution in [3.63, 3.8) is 0 Å². The van der Waals surface area contributed by atoms with Gasteiger partial charge in [-0.2, -0.15) is 0 Å². The van der Waals surface area contributed by atoms with Crippen LogP contribution in [0.5, 0.6) is 5.75 Å². The van der Waals surface area contributed by atoms with Gasteiger partial charge in [-0.25, -0.2) is 13.1 Å². The first-order valence-electron chi connectivity index (χ1n) is 10.6. The van der Waals surface area contributed by atoms with Gasteiger partial charge in [-0.05, 0) is 83.5 Å². The van der Waals surface area contributed by atoms with Crippen LogP contribution in [0.15, 0.2) is 35.7 Å². The first-order chi connectivity index (χ1) is 14.8. The Balaban J connectivity index is 1.78. The average Bonchev–Trinajstić information content (AvgIpc) is 2.70. The van der Waals surface area contributed by atoms with Crippen LogP contribution in [-0.2, 0) is 10.0 Å². The van der Waals surface area contributed by atoms with Gasteiger partial charge in [0.05, 0.1) is 5.69 Å². The minimum absolute atomic E-state index is 0.00580. The molecule has 9 heteroatoms. The summed E-state index contributed by atoms with van der Waals surface area (Å²) in [5.74, 6) is 0.787. The number of rotatable bonds is 6. The van der Waals surface area contributed by atoms with Crippen LogP contribution >= 0.6 is 0 Å². The van der Waals surface area contributed by atoms with Crippen molar-refractivity contribution in [1.29, 1.82) is 0 Å². The van der Waals surface area contributed by atoms with Crippen LogP contribution in [0.4, 0.5) is 5.82 Å². The van der Waals surface area contributed by atoms with Gasteiger partial charge in [-0.15, -0.1) is 10.2 Å². The van der Waals surface area contributed by atoms with Crippen molar-refractivity contribution in [3.05, 3.63) is 41.3 Å². The third-order valence-electron chi connectivity index (χ3n) is 5.75. The SMILES string of the molecule is CNS(=O)(=O)/C=C/c1ccc(-c2ccc(N(C)C3CC(C)(C)NC(C)(C)C3)nn2)c(O)c1. The van der Waals surface area contributed by atoms with E-state index in [0.29, 0.717) is 22.9 Å². The lowest BCUT2D eigenvalue weighted by Gasteiger charge is -2.49. The van der Waals surface area contributed by atoms with Crippen LogP contribution in [0.1, 0.15) is 46.1 Å². The number of hydrogen-bond acceptors (Lipinski definition) is 7. The minimum Gasteiger partial charge on any atom is -0.507 e. The Labute approximate surface area is 190 Å². The van der Waals surface area contributed by atoms with Crippen molar-refractivity contribution in [2.75, 3.05) is 19.0 Å². The van der Waals surface area contributed by atoms with E-state index < -0.39 is 10.0 Å². The van der Waals surface area contributed by atoms with Gasteiger partial charge in [0.25, 0.3) is 0 Å². The van der Waals surface area contributed by atoms with Gasteiger partial charge in [-0.1, -0.05) is 6.07 Å². The van der Waals surface area contributed by atoms with Gasteiger partial charge in [0.2, 0.25) is 10.0 Å². The Bertz CT molecular complexity index is 1080. The molecule has 1 aromatic carbocycles. The van der Waals surface area contributed by atoms with Crippen molar-refractivity contribution in [1.82, 2.24) is 20.2 Å². The second-order valence-electron chi connectivity index (χ2n) is 9.67. The number of phenols is 1. The molecule has 1 aromatic heterocycles. The average molecular weight is 460 g/mol. The van der Waals surface area contributed by atoms with Crippen molar-refractivity contribution in [2.24, 2.45) is 0 Å². The van der Waals surface area contributed by atoms with E-state index in [4.69, 9.17) is 0 Å². The fourth-order valence-corrected chi connectivity index (χ4v) is 4.96. The second kappa shape index (κ2) is 8.80. The number of nitrogens with one attached hydrogen (secondary N) is 2. The molecule has 8 nitrogen and oxygen atoms in total. The molecule has 1 aliphatic heterocycles. The van der Waals surface area contributed by atoms with Gasteiger partial charge < -0.3 is 15.3 Å². The lowest BCUT2D eigenvalue weighted by atomic mass is 9.79. The smallest absolute Gasteiger partial charge is 0.233 e. The lowest BCUT2D eigenvalue weighted by Crippen LogP contribution is -2.62. The Morgan fingerprint density at radius 3 is 2.31 bits per heavy atom. The zero-order valence-electron chi connectivity index (χ0n) is 19.5. The highest BCUT2D eigenvalue weighted by molar-refractivity contribution is 7.92. The number of aromatic nitrogens is 2. The monoisotopic (exact) mass is 459 g/mol. The Morgan fingerprint density at radius 2 is 1.78 bits per heavy atom. The normalized spacial score (nSPS) is 18.7. The molecule has 0 spiro atoms. The summed E-state index contributed by atoms with van der Waals surface area (Å²) in [7, 11) is -0.0876. The van der Waals surface area contributed by atoms with Crippen molar-refractivity contribution in [2.45, 2.75) is 57.7 Å². The van der Waals surface area contributed by atoms with E-state index in [9.17, 15) is 13.5 Å². The fourth-order valence-electron chi connectivity index (χ4n) is 4.49. The maximum absolute atomic E-state index is 11.5.